The maximum absolute atomic E-state index is 11.7. The van der Waals surface area contributed by atoms with Crippen LogP contribution in [0.5, 0.6) is 0 Å². The van der Waals surface area contributed by atoms with Crippen molar-refractivity contribution in [3.8, 4) is 0 Å². The van der Waals surface area contributed by atoms with Crippen LogP contribution in [-0.4, -0.2) is 5.78 Å². The van der Waals surface area contributed by atoms with Crippen molar-refractivity contribution < 1.29 is 4.79 Å². The third kappa shape index (κ3) is 7.36. The van der Waals surface area contributed by atoms with Crippen LogP contribution in [0.2, 0.25) is 0 Å². The van der Waals surface area contributed by atoms with Crippen LogP contribution in [0.1, 0.15) is 84.0 Å². The first-order chi connectivity index (χ1) is 8.33. The van der Waals surface area contributed by atoms with Crippen molar-refractivity contribution in [3.05, 3.63) is 11.6 Å². The van der Waals surface area contributed by atoms with E-state index in [1.54, 1.807) is 0 Å². The summed E-state index contributed by atoms with van der Waals surface area (Å²) in [7, 11) is 0. The predicted molar refractivity (Wildman–Crippen MR) is 74.2 cm³/mol. The van der Waals surface area contributed by atoms with Gasteiger partial charge in [-0.05, 0) is 38.2 Å². The molecule has 1 fully saturated rings. The first-order valence-electron chi connectivity index (χ1n) is 7.55. The average molecular weight is 236 g/mol. The van der Waals surface area contributed by atoms with Gasteiger partial charge in [-0.3, -0.25) is 4.79 Å². The molecule has 0 aromatic carbocycles. The van der Waals surface area contributed by atoms with Gasteiger partial charge >= 0.3 is 0 Å². The van der Waals surface area contributed by atoms with E-state index in [1.165, 1.54) is 69.8 Å². The summed E-state index contributed by atoms with van der Waals surface area (Å²) < 4.78 is 0. The van der Waals surface area contributed by atoms with E-state index in [9.17, 15) is 4.79 Å². The van der Waals surface area contributed by atoms with Gasteiger partial charge in [0.25, 0.3) is 0 Å². The molecule has 0 amide bonds. The van der Waals surface area contributed by atoms with Crippen LogP contribution in [0.25, 0.3) is 0 Å². The molecular weight excluding hydrogens is 208 g/mol. The second kappa shape index (κ2) is 9.44. The molecule has 1 nitrogen and oxygen atoms in total. The highest BCUT2D eigenvalue weighted by Crippen LogP contribution is 2.22. The Kier molecular flexibility index (Phi) is 8.04. The van der Waals surface area contributed by atoms with Crippen molar-refractivity contribution in [1.82, 2.24) is 0 Å². The van der Waals surface area contributed by atoms with Crippen LogP contribution < -0.4 is 0 Å². The predicted octanol–water partition coefficient (Wildman–Crippen LogP) is 5.20. The van der Waals surface area contributed by atoms with Gasteiger partial charge in [-0.25, -0.2) is 0 Å². The van der Waals surface area contributed by atoms with Crippen LogP contribution in [0.15, 0.2) is 11.6 Å². The molecule has 1 rings (SSSR count). The van der Waals surface area contributed by atoms with E-state index in [2.05, 4.69) is 6.92 Å². The number of carbonyl (C=O) groups excluding carboxylic acids is 1. The van der Waals surface area contributed by atoms with Gasteiger partial charge in [-0.2, -0.15) is 0 Å². The molecule has 1 aliphatic carbocycles. The van der Waals surface area contributed by atoms with Crippen molar-refractivity contribution >= 4 is 5.78 Å². The molecule has 0 N–H and O–H groups in total. The Labute approximate surface area is 107 Å². The molecule has 1 saturated carbocycles. The molecule has 1 aliphatic rings. The lowest BCUT2D eigenvalue weighted by molar-refractivity contribution is -0.114. The number of unbranched alkanes of at least 4 members (excludes halogenated alkanes) is 5. The Morgan fingerprint density at radius 2 is 1.65 bits per heavy atom. The summed E-state index contributed by atoms with van der Waals surface area (Å²) in [5, 5.41) is 0. The summed E-state index contributed by atoms with van der Waals surface area (Å²) in [5.74, 6) is 0.373. The number of hydrogen-bond acceptors (Lipinski definition) is 1. The molecule has 0 radical (unpaired) electrons. The van der Waals surface area contributed by atoms with Gasteiger partial charge < -0.3 is 0 Å². The van der Waals surface area contributed by atoms with E-state index < -0.39 is 0 Å². The van der Waals surface area contributed by atoms with Crippen LogP contribution >= 0.6 is 0 Å². The van der Waals surface area contributed by atoms with E-state index in [4.69, 9.17) is 0 Å². The fraction of sp³-hybridized carbons (Fsp3) is 0.812. The van der Waals surface area contributed by atoms with Gasteiger partial charge in [0.15, 0.2) is 5.78 Å². The molecule has 0 aliphatic heterocycles. The summed E-state index contributed by atoms with van der Waals surface area (Å²) >= 11 is 0. The molecule has 0 atom stereocenters. The summed E-state index contributed by atoms with van der Waals surface area (Å²) in [4.78, 5) is 11.7. The largest absolute Gasteiger partial charge is 0.295 e. The smallest absolute Gasteiger partial charge is 0.155 e. The van der Waals surface area contributed by atoms with Crippen molar-refractivity contribution in [2.24, 2.45) is 0 Å². The van der Waals surface area contributed by atoms with E-state index in [-0.39, 0.29) is 0 Å². The molecule has 0 aromatic rings. The average Bonchev–Trinajstić information content (AvgIpc) is 2.35. The lowest BCUT2D eigenvalue weighted by Gasteiger charge is -2.12. The van der Waals surface area contributed by atoms with E-state index >= 15 is 0 Å². The standard InChI is InChI=1S/C16H28O/c1-2-3-4-5-6-10-13-16(17)14-15-11-8-7-9-12-15/h14H,2-13H2,1H3. The minimum atomic E-state index is 0.373. The number of rotatable bonds is 8. The molecule has 0 spiro atoms. The minimum Gasteiger partial charge on any atom is -0.295 e. The van der Waals surface area contributed by atoms with Crippen molar-refractivity contribution in [1.29, 1.82) is 0 Å². The molecule has 0 heterocycles. The third-order valence-corrected chi connectivity index (χ3v) is 3.64. The van der Waals surface area contributed by atoms with Gasteiger partial charge in [0.05, 0.1) is 0 Å². The van der Waals surface area contributed by atoms with Gasteiger partial charge in [-0.15, -0.1) is 0 Å². The Bertz CT molecular complexity index is 232. The van der Waals surface area contributed by atoms with Gasteiger partial charge in [0, 0.05) is 6.42 Å². The Balaban J connectivity index is 2.04. The van der Waals surface area contributed by atoms with Crippen molar-refractivity contribution in [3.63, 3.8) is 0 Å². The summed E-state index contributed by atoms with van der Waals surface area (Å²) in [5.41, 5.74) is 1.41. The maximum Gasteiger partial charge on any atom is 0.155 e. The second-order valence-corrected chi connectivity index (χ2v) is 5.35. The first kappa shape index (κ1) is 14.5. The second-order valence-electron chi connectivity index (χ2n) is 5.35. The fourth-order valence-electron chi connectivity index (χ4n) is 2.53. The zero-order chi connectivity index (χ0) is 12.3. The first-order valence-corrected chi connectivity index (χ1v) is 7.55. The summed E-state index contributed by atoms with van der Waals surface area (Å²) in [6, 6.07) is 0. The van der Waals surface area contributed by atoms with Gasteiger partial charge in [-0.1, -0.05) is 51.0 Å². The van der Waals surface area contributed by atoms with Crippen molar-refractivity contribution in [2.75, 3.05) is 0 Å². The lowest BCUT2D eigenvalue weighted by Crippen LogP contribution is -1.99. The quantitative estimate of drug-likeness (QED) is 0.418. The zero-order valence-electron chi connectivity index (χ0n) is 11.5. The topological polar surface area (TPSA) is 17.1 Å². The van der Waals surface area contributed by atoms with Crippen molar-refractivity contribution in [2.45, 2.75) is 84.0 Å². The van der Waals surface area contributed by atoms with Gasteiger partial charge in [0.2, 0.25) is 0 Å². The van der Waals surface area contributed by atoms with E-state index in [1.807, 2.05) is 6.08 Å². The SMILES string of the molecule is CCCCCCCCC(=O)C=C1CCCCC1. The highest BCUT2D eigenvalue weighted by molar-refractivity contribution is 5.90. The molecule has 0 saturated heterocycles. The van der Waals surface area contributed by atoms with Crippen LogP contribution in [0.4, 0.5) is 0 Å². The third-order valence-electron chi connectivity index (χ3n) is 3.64. The molecule has 1 heteroatoms. The number of ketones is 1. The number of allylic oxidation sites excluding steroid dienone is 2. The Morgan fingerprint density at radius 3 is 2.35 bits per heavy atom. The highest BCUT2D eigenvalue weighted by Gasteiger charge is 2.07. The molecule has 0 bridgehead atoms. The van der Waals surface area contributed by atoms with E-state index in [0.717, 1.165) is 12.8 Å². The summed E-state index contributed by atoms with van der Waals surface area (Å²) in [6.07, 6.45) is 16.6. The molecule has 0 unspecified atom stereocenters. The van der Waals surface area contributed by atoms with Gasteiger partial charge in [0.1, 0.15) is 0 Å². The van der Waals surface area contributed by atoms with Crippen LogP contribution in [0, 0.1) is 0 Å². The summed E-state index contributed by atoms with van der Waals surface area (Å²) in [6.45, 7) is 2.24. The molecule has 0 aromatic heterocycles. The number of hydrogen-bond donors (Lipinski definition) is 0. The van der Waals surface area contributed by atoms with Crippen LogP contribution in [-0.2, 0) is 4.79 Å². The highest BCUT2D eigenvalue weighted by atomic mass is 16.1. The maximum atomic E-state index is 11.7. The minimum absolute atomic E-state index is 0.373. The normalized spacial score (nSPS) is 15.9. The van der Waals surface area contributed by atoms with E-state index in [0.29, 0.717) is 5.78 Å². The fourth-order valence-corrected chi connectivity index (χ4v) is 2.53. The number of carbonyl (C=O) groups is 1. The Morgan fingerprint density at radius 1 is 1.00 bits per heavy atom. The molecule has 98 valence electrons. The zero-order valence-corrected chi connectivity index (χ0v) is 11.5. The monoisotopic (exact) mass is 236 g/mol. The lowest BCUT2D eigenvalue weighted by atomic mass is 9.93. The molecule has 17 heavy (non-hydrogen) atoms. The molecular formula is C16H28O. The Hall–Kier alpha value is -0.590. The van der Waals surface area contributed by atoms with Crippen LogP contribution in [0.3, 0.4) is 0 Å².